The topological polar surface area (TPSA) is 62.3 Å². The van der Waals surface area contributed by atoms with Crippen LogP contribution in [0.15, 0.2) is 22.8 Å². The summed E-state index contributed by atoms with van der Waals surface area (Å²) in [7, 11) is 5.05. The molecule has 0 spiro atoms. The first-order chi connectivity index (χ1) is 8.58. The molecule has 6 heteroatoms. The van der Waals surface area contributed by atoms with Crippen LogP contribution >= 0.6 is 15.9 Å². The number of hydrogen-bond acceptors (Lipinski definition) is 4. The van der Waals surface area contributed by atoms with Crippen LogP contribution in [0.25, 0.3) is 11.3 Å². The maximum Gasteiger partial charge on any atom is 0.201 e. The predicted octanol–water partition coefficient (Wildman–Crippen LogP) is 2.45. The van der Waals surface area contributed by atoms with Crippen LogP contribution in [0.4, 0.5) is 5.95 Å². The first-order valence-corrected chi connectivity index (χ1v) is 6.08. The molecule has 1 aromatic carbocycles. The summed E-state index contributed by atoms with van der Waals surface area (Å²) in [6, 6.07) is 5.62. The Kier molecular flexibility index (Phi) is 3.47. The number of nitrogens with two attached hydrogens (primary N) is 1. The molecule has 5 nitrogen and oxygen atoms in total. The number of aromatic nitrogens is 2. The standard InChI is InChI=1S/C12H14BrN3O2/c1-16-11(13)10(15-12(16)14)7-4-5-8(17-2)9(6-7)18-3/h4-6H,1-3H3,(H2,14,15). The molecular formula is C12H14BrN3O2. The van der Waals surface area contributed by atoms with Crippen molar-refractivity contribution < 1.29 is 9.47 Å². The summed E-state index contributed by atoms with van der Waals surface area (Å²) in [6.07, 6.45) is 0. The Hall–Kier alpha value is -1.69. The third-order valence-electron chi connectivity index (χ3n) is 2.72. The first kappa shape index (κ1) is 12.8. The van der Waals surface area contributed by atoms with E-state index in [2.05, 4.69) is 20.9 Å². The Morgan fingerprint density at radius 3 is 2.39 bits per heavy atom. The summed E-state index contributed by atoms with van der Waals surface area (Å²) in [6.45, 7) is 0. The fourth-order valence-corrected chi connectivity index (χ4v) is 2.16. The Balaban J connectivity index is 2.54. The van der Waals surface area contributed by atoms with E-state index >= 15 is 0 Å². The smallest absolute Gasteiger partial charge is 0.201 e. The molecular weight excluding hydrogens is 298 g/mol. The molecule has 1 heterocycles. The highest BCUT2D eigenvalue weighted by molar-refractivity contribution is 9.10. The van der Waals surface area contributed by atoms with E-state index in [-0.39, 0.29) is 0 Å². The van der Waals surface area contributed by atoms with E-state index in [4.69, 9.17) is 15.2 Å². The molecule has 18 heavy (non-hydrogen) atoms. The van der Waals surface area contributed by atoms with Crippen molar-refractivity contribution in [3.8, 4) is 22.8 Å². The number of imidazole rings is 1. The van der Waals surface area contributed by atoms with Crippen molar-refractivity contribution in [2.24, 2.45) is 7.05 Å². The van der Waals surface area contributed by atoms with Crippen molar-refractivity contribution in [2.75, 3.05) is 20.0 Å². The van der Waals surface area contributed by atoms with Crippen molar-refractivity contribution in [1.82, 2.24) is 9.55 Å². The summed E-state index contributed by atoms with van der Waals surface area (Å²) < 4.78 is 13.1. The number of nitrogen functional groups attached to an aromatic ring is 1. The van der Waals surface area contributed by atoms with Gasteiger partial charge in [0.2, 0.25) is 5.95 Å². The Morgan fingerprint density at radius 2 is 1.89 bits per heavy atom. The van der Waals surface area contributed by atoms with Crippen LogP contribution in [0.5, 0.6) is 11.5 Å². The SMILES string of the molecule is COc1ccc(-c2nc(N)n(C)c2Br)cc1OC. The van der Waals surface area contributed by atoms with Crippen LogP contribution in [0.2, 0.25) is 0 Å². The van der Waals surface area contributed by atoms with Crippen molar-refractivity contribution >= 4 is 21.9 Å². The molecule has 1 aromatic heterocycles. The lowest BCUT2D eigenvalue weighted by Crippen LogP contribution is -1.96. The number of ether oxygens (including phenoxy) is 2. The summed E-state index contributed by atoms with van der Waals surface area (Å²) in [5.74, 6) is 1.79. The van der Waals surface area contributed by atoms with Gasteiger partial charge in [0.05, 0.1) is 14.2 Å². The minimum atomic E-state index is 0.451. The Bertz CT molecular complexity index is 581. The highest BCUT2D eigenvalue weighted by Crippen LogP contribution is 2.35. The van der Waals surface area contributed by atoms with Gasteiger partial charge in [-0.05, 0) is 34.1 Å². The zero-order chi connectivity index (χ0) is 13.3. The first-order valence-electron chi connectivity index (χ1n) is 5.28. The zero-order valence-electron chi connectivity index (χ0n) is 10.4. The lowest BCUT2D eigenvalue weighted by molar-refractivity contribution is 0.355. The van der Waals surface area contributed by atoms with Crippen LogP contribution in [0.3, 0.4) is 0 Å². The molecule has 0 aliphatic carbocycles. The summed E-state index contributed by atoms with van der Waals surface area (Å²) in [4.78, 5) is 4.31. The van der Waals surface area contributed by atoms with Gasteiger partial charge in [0, 0.05) is 12.6 Å². The van der Waals surface area contributed by atoms with Crippen molar-refractivity contribution in [3.05, 3.63) is 22.8 Å². The monoisotopic (exact) mass is 311 g/mol. The number of anilines is 1. The lowest BCUT2D eigenvalue weighted by atomic mass is 10.1. The molecule has 0 atom stereocenters. The number of halogens is 1. The van der Waals surface area contributed by atoms with Crippen LogP contribution in [-0.4, -0.2) is 23.8 Å². The molecule has 0 aliphatic heterocycles. The van der Waals surface area contributed by atoms with Crippen LogP contribution < -0.4 is 15.2 Å². The Morgan fingerprint density at radius 1 is 1.22 bits per heavy atom. The third-order valence-corrected chi connectivity index (χ3v) is 3.62. The van der Waals surface area contributed by atoms with Crippen molar-refractivity contribution in [2.45, 2.75) is 0 Å². The molecule has 0 amide bonds. The second kappa shape index (κ2) is 4.89. The highest BCUT2D eigenvalue weighted by atomic mass is 79.9. The number of hydrogen-bond donors (Lipinski definition) is 1. The van der Waals surface area contributed by atoms with Gasteiger partial charge in [0.15, 0.2) is 11.5 Å². The van der Waals surface area contributed by atoms with Gasteiger partial charge < -0.3 is 19.8 Å². The second-order valence-corrected chi connectivity index (χ2v) is 4.49. The molecule has 2 rings (SSSR count). The number of methoxy groups -OCH3 is 2. The summed E-state index contributed by atoms with van der Waals surface area (Å²) in [5.41, 5.74) is 7.45. The van der Waals surface area contributed by atoms with E-state index < -0.39 is 0 Å². The highest BCUT2D eigenvalue weighted by Gasteiger charge is 2.14. The van der Waals surface area contributed by atoms with Crippen LogP contribution in [0.1, 0.15) is 0 Å². The van der Waals surface area contributed by atoms with Gasteiger partial charge in [-0.25, -0.2) is 4.98 Å². The maximum atomic E-state index is 5.77. The minimum absolute atomic E-state index is 0.451. The number of benzene rings is 1. The van der Waals surface area contributed by atoms with Gasteiger partial charge in [-0.15, -0.1) is 0 Å². The summed E-state index contributed by atoms with van der Waals surface area (Å²) in [5, 5.41) is 0. The van der Waals surface area contributed by atoms with Gasteiger partial charge >= 0.3 is 0 Å². The van der Waals surface area contributed by atoms with Crippen LogP contribution in [0, 0.1) is 0 Å². The predicted molar refractivity (Wildman–Crippen MR) is 73.9 cm³/mol. The maximum absolute atomic E-state index is 5.77. The molecule has 96 valence electrons. The molecule has 0 radical (unpaired) electrons. The fraction of sp³-hybridized carbons (Fsp3) is 0.250. The van der Waals surface area contributed by atoms with E-state index in [0.717, 1.165) is 15.9 Å². The molecule has 2 aromatic rings. The molecule has 2 N–H and O–H groups in total. The lowest BCUT2D eigenvalue weighted by Gasteiger charge is -2.08. The largest absolute Gasteiger partial charge is 0.493 e. The van der Waals surface area contributed by atoms with E-state index in [9.17, 15) is 0 Å². The van der Waals surface area contributed by atoms with Crippen LogP contribution in [-0.2, 0) is 7.05 Å². The fourth-order valence-electron chi connectivity index (χ4n) is 1.66. The molecule has 0 aliphatic rings. The third kappa shape index (κ3) is 2.03. The average molecular weight is 312 g/mol. The van der Waals surface area contributed by atoms with Gasteiger partial charge in [0.25, 0.3) is 0 Å². The normalized spacial score (nSPS) is 10.4. The quantitative estimate of drug-likeness (QED) is 0.945. The molecule has 0 saturated carbocycles. The van der Waals surface area contributed by atoms with Gasteiger partial charge in [-0.2, -0.15) is 0 Å². The van der Waals surface area contributed by atoms with E-state index in [1.807, 2.05) is 25.2 Å². The van der Waals surface area contributed by atoms with E-state index in [1.165, 1.54) is 0 Å². The molecule has 0 unspecified atom stereocenters. The van der Waals surface area contributed by atoms with Gasteiger partial charge in [0.1, 0.15) is 10.3 Å². The minimum Gasteiger partial charge on any atom is -0.493 e. The molecule has 0 bridgehead atoms. The summed E-state index contributed by atoms with van der Waals surface area (Å²) >= 11 is 3.47. The molecule has 0 fully saturated rings. The zero-order valence-corrected chi connectivity index (χ0v) is 12.0. The molecule has 0 saturated heterocycles. The van der Waals surface area contributed by atoms with Gasteiger partial charge in [-0.3, -0.25) is 0 Å². The van der Waals surface area contributed by atoms with Crippen molar-refractivity contribution in [1.29, 1.82) is 0 Å². The van der Waals surface area contributed by atoms with Crippen molar-refractivity contribution in [3.63, 3.8) is 0 Å². The van der Waals surface area contributed by atoms with E-state index in [0.29, 0.717) is 17.4 Å². The Labute approximate surface area is 114 Å². The van der Waals surface area contributed by atoms with Gasteiger partial charge in [-0.1, -0.05) is 0 Å². The van der Waals surface area contributed by atoms with E-state index in [1.54, 1.807) is 18.8 Å². The number of nitrogens with zero attached hydrogens (tertiary/aromatic N) is 2. The average Bonchev–Trinajstić information content (AvgIpc) is 2.65. The number of rotatable bonds is 3. The second-order valence-electron chi connectivity index (χ2n) is 3.74.